The molecule has 34 heavy (non-hydrogen) atoms. The van der Waals surface area contributed by atoms with Crippen LogP contribution < -0.4 is 0 Å². The number of ether oxygens (including phenoxy) is 4. The van der Waals surface area contributed by atoms with Crippen LogP contribution in [0.25, 0.3) is 0 Å². The predicted octanol–water partition coefficient (Wildman–Crippen LogP) is 2.74. The van der Waals surface area contributed by atoms with Crippen molar-refractivity contribution in [1.29, 1.82) is 0 Å². The highest BCUT2D eigenvalue weighted by atomic mass is 32.2. The van der Waals surface area contributed by atoms with Gasteiger partial charge in [0.05, 0.1) is 4.90 Å². The second-order valence-corrected chi connectivity index (χ2v) is 10.1. The highest BCUT2D eigenvalue weighted by Gasteiger charge is 2.83. The van der Waals surface area contributed by atoms with Crippen LogP contribution in [0.2, 0.25) is 0 Å². The molecular weight excluding hydrogens is 464 g/mol. The van der Waals surface area contributed by atoms with Gasteiger partial charge in [-0.15, -0.1) is 0 Å². The van der Waals surface area contributed by atoms with E-state index in [4.69, 9.17) is 18.9 Å². The molecule has 0 radical (unpaired) electrons. The molecule has 0 unspecified atom stereocenters. The fourth-order valence-electron chi connectivity index (χ4n) is 3.99. The fourth-order valence-corrected chi connectivity index (χ4v) is 6.27. The average Bonchev–Trinajstić information content (AvgIpc) is 3.44. The number of epoxide rings is 1. The zero-order chi connectivity index (χ0) is 25.1. The van der Waals surface area contributed by atoms with Gasteiger partial charge in [0.1, 0.15) is 6.61 Å². The molecule has 0 saturated carbocycles. The number of benzene rings is 2. The first-order valence-electron chi connectivity index (χ1n) is 10.5. The molecule has 0 amide bonds. The SMILES string of the molecule is CC(=O)OC[C@H](OC(C)=O)[C@]1(C)O[C@@]1([C@@H](OC(C)=O)c1ccccc1)S(=O)(=O)c1ccccc1. The molecule has 1 saturated heterocycles. The molecule has 1 aliphatic rings. The topological polar surface area (TPSA) is 126 Å². The minimum absolute atomic E-state index is 0.0825. The van der Waals surface area contributed by atoms with Gasteiger partial charge in [0.25, 0.3) is 0 Å². The Morgan fingerprint density at radius 2 is 1.38 bits per heavy atom. The minimum atomic E-state index is -4.38. The molecule has 9 nitrogen and oxygen atoms in total. The normalized spacial score (nSPS) is 23.3. The maximum atomic E-state index is 14.1. The molecule has 182 valence electrons. The van der Waals surface area contributed by atoms with E-state index in [1.165, 1.54) is 26.0 Å². The Morgan fingerprint density at radius 3 is 1.88 bits per heavy atom. The molecular formula is C24H26O9S. The summed E-state index contributed by atoms with van der Waals surface area (Å²) in [5, 5.41) is 0. The van der Waals surface area contributed by atoms with Gasteiger partial charge in [-0.2, -0.15) is 0 Å². The molecule has 0 bridgehead atoms. The highest BCUT2D eigenvalue weighted by Crippen LogP contribution is 2.63. The molecule has 3 rings (SSSR count). The van der Waals surface area contributed by atoms with Crippen LogP contribution in [-0.2, 0) is 43.2 Å². The number of carbonyl (C=O) groups is 3. The van der Waals surface area contributed by atoms with E-state index >= 15 is 0 Å². The van der Waals surface area contributed by atoms with E-state index in [9.17, 15) is 22.8 Å². The van der Waals surface area contributed by atoms with Crippen LogP contribution in [0, 0.1) is 0 Å². The maximum Gasteiger partial charge on any atom is 0.303 e. The maximum absolute atomic E-state index is 14.1. The number of esters is 3. The number of hydrogen-bond acceptors (Lipinski definition) is 9. The largest absolute Gasteiger partial charge is 0.462 e. The Hall–Kier alpha value is -3.24. The van der Waals surface area contributed by atoms with Crippen molar-refractivity contribution in [2.45, 2.75) is 55.3 Å². The van der Waals surface area contributed by atoms with E-state index in [2.05, 4.69) is 0 Å². The van der Waals surface area contributed by atoms with Gasteiger partial charge in [-0.3, -0.25) is 14.4 Å². The lowest BCUT2D eigenvalue weighted by atomic mass is 9.93. The molecule has 0 spiro atoms. The fraction of sp³-hybridized carbons (Fsp3) is 0.375. The lowest BCUT2D eigenvalue weighted by Crippen LogP contribution is -2.48. The highest BCUT2D eigenvalue weighted by molar-refractivity contribution is 7.93. The third-order valence-electron chi connectivity index (χ3n) is 5.56. The van der Waals surface area contributed by atoms with Gasteiger partial charge in [-0.1, -0.05) is 48.5 Å². The quantitative estimate of drug-likeness (QED) is 0.296. The van der Waals surface area contributed by atoms with E-state index in [1.807, 2.05) is 0 Å². The van der Waals surface area contributed by atoms with Crippen LogP contribution >= 0.6 is 0 Å². The predicted molar refractivity (Wildman–Crippen MR) is 119 cm³/mol. The van der Waals surface area contributed by atoms with E-state index < -0.39 is 57.1 Å². The number of carbonyl (C=O) groups excluding carboxylic acids is 3. The first-order chi connectivity index (χ1) is 16.0. The first-order valence-corrected chi connectivity index (χ1v) is 12.0. The second-order valence-electron chi connectivity index (χ2n) is 7.99. The Kier molecular flexibility index (Phi) is 7.13. The zero-order valence-corrected chi connectivity index (χ0v) is 20.0. The van der Waals surface area contributed by atoms with E-state index in [0.29, 0.717) is 5.56 Å². The van der Waals surface area contributed by atoms with Crippen molar-refractivity contribution in [3.8, 4) is 0 Å². The lowest BCUT2D eigenvalue weighted by molar-refractivity contribution is -0.160. The van der Waals surface area contributed by atoms with Crippen molar-refractivity contribution >= 4 is 27.7 Å². The molecule has 10 heteroatoms. The molecule has 1 heterocycles. The van der Waals surface area contributed by atoms with Crippen LogP contribution in [-0.4, -0.2) is 49.6 Å². The van der Waals surface area contributed by atoms with Crippen LogP contribution in [0.5, 0.6) is 0 Å². The summed E-state index contributed by atoms with van der Waals surface area (Å²) in [7, 11) is -4.38. The van der Waals surface area contributed by atoms with Crippen molar-refractivity contribution in [3.63, 3.8) is 0 Å². The van der Waals surface area contributed by atoms with E-state index in [-0.39, 0.29) is 4.90 Å². The zero-order valence-electron chi connectivity index (χ0n) is 19.2. The summed E-state index contributed by atoms with van der Waals surface area (Å²) in [6.07, 6.45) is -2.73. The summed E-state index contributed by atoms with van der Waals surface area (Å²) in [6, 6.07) is 15.8. The smallest absolute Gasteiger partial charge is 0.303 e. The van der Waals surface area contributed by atoms with Crippen LogP contribution in [0.15, 0.2) is 65.6 Å². The minimum Gasteiger partial charge on any atom is -0.462 e. The summed E-state index contributed by atoms with van der Waals surface area (Å²) in [4.78, 5) is 33.2. The third kappa shape index (κ3) is 4.55. The van der Waals surface area contributed by atoms with Gasteiger partial charge in [0, 0.05) is 20.8 Å². The number of sulfone groups is 1. The van der Waals surface area contributed by atoms with Crippen molar-refractivity contribution in [3.05, 3.63) is 66.2 Å². The summed E-state index contributed by atoms with van der Waals surface area (Å²) < 4.78 is 50.1. The number of rotatable bonds is 9. The molecule has 2 aromatic carbocycles. The van der Waals surface area contributed by atoms with Crippen LogP contribution in [0.1, 0.15) is 39.4 Å². The summed E-state index contributed by atoms with van der Waals surface area (Å²) in [5.74, 6) is -2.13. The summed E-state index contributed by atoms with van der Waals surface area (Å²) in [5.41, 5.74) is -1.38. The molecule has 1 aliphatic heterocycles. The Balaban J connectivity index is 2.24. The Labute approximate surface area is 197 Å². The molecule has 0 N–H and O–H groups in total. The number of hydrogen-bond donors (Lipinski definition) is 0. The van der Waals surface area contributed by atoms with Crippen molar-refractivity contribution in [2.24, 2.45) is 0 Å². The monoisotopic (exact) mass is 490 g/mol. The van der Waals surface area contributed by atoms with Gasteiger partial charge in [-0.05, 0) is 24.6 Å². The van der Waals surface area contributed by atoms with Gasteiger partial charge < -0.3 is 18.9 Å². The van der Waals surface area contributed by atoms with E-state index in [1.54, 1.807) is 48.5 Å². The molecule has 2 aromatic rings. The lowest BCUT2D eigenvalue weighted by Gasteiger charge is -2.29. The van der Waals surface area contributed by atoms with Crippen molar-refractivity contribution < 1.29 is 41.7 Å². The summed E-state index contributed by atoms with van der Waals surface area (Å²) >= 11 is 0. The van der Waals surface area contributed by atoms with Crippen molar-refractivity contribution in [2.75, 3.05) is 6.61 Å². The molecule has 4 atom stereocenters. The van der Waals surface area contributed by atoms with Crippen LogP contribution in [0.4, 0.5) is 0 Å². The average molecular weight is 491 g/mol. The summed E-state index contributed by atoms with van der Waals surface area (Å²) in [6.45, 7) is 4.42. The third-order valence-corrected chi connectivity index (χ3v) is 7.95. The van der Waals surface area contributed by atoms with Crippen LogP contribution in [0.3, 0.4) is 0 Å². The Bertz CT molecular complexity index is 1160. The molecule has 1 fully saturated rings. The van der Waals surface area contributed by atoms with Gasteiger partial charge >= 0.3 is 17.9 Å². The Morgan fingerprint density at radius 1 is 0.853 bits per heavy atom. The van der Waals surface area contributed by atoms with Crippen molar-refractivity contribution in [1.82, 2.24) is 0 Å². The van der Waals surface area contributed by atoms with E-state index in [0.717, 1.165) is 13.8 Å². The standard InChI is InChI=1S/C24H26O9S/c1-16(25)30-15-21(31-17(2)26)23(4)24(33-23,34(28,29)20-13-9-6-10-14-20)22(32-18(3)27)19-11-7-5-8-12-19/h5-14,21-22H,15H2,1-4H3/t21-,22-,23-,24-/m0/s1. The second kappa shape index (κ2) is 9.55. The molecule has 0 aromatic heterocycles. The van der Waals surface area contributed by atoms with Gasteiger partial charge in [-0.25, -0.2) is 8.42 Å². The van der Waals surface area contributed by atoms with Gasteiger partial charge in [0.15, 0.2) is 17.8 Å². The molecule has 0 aliphatic carbocycles. The van der Waals surface area contributed by atoms with Gasteiger partial charge in [0.2, 0.25) is 14.8 Å². The first kappa shape index (κ1) is 25.4.